The van der Waals surface area contributed by atoms with Crippen LogP contribution in [0.25, 0.3) is 0 Å². The Morgan fingerprint density at radius 3 is 2.26 bits per heavy atom. The Balaban J connectivity index is 0.00000253. The van der Waals surface area contributed by atoms with Gasteiger partial charge in [-0.1, -0.05) is 31.2 Å². The van der Waals surface area contributed by atoms with Crippen LogP contribution in [0.5, 0.6) is 0 Å². The predicted molar refractivity (Wildman–Crippen MR) is 138 cm³/mol. The number of ether oxygens (including phenoxy) is 1. The molecule has 0 radical (unpaired) electrons. The van der Waals surface area contributed by atoms with Gasteiger partial charge in [0.25, 0.3) is 0 Å². The molecule has 0 aromatic heterocycles. The van der Waals surface area contributed by atoms with Gasteiger partial charge < -0.3 is 4.74 Å². The average molecular weight is 521 g/mol. The number of hydrogen-bond acceptors (Lipinski definition) is 4. The van der Waals surface area contributed by atoms with E-state index in [9.17, 15) is 12.8 Å². The molecule has 190 valence electrons. The number of anilines is 1. The highest BCUT2D eigenvalue weighted by molar-refractivity contribution is 7.93. The highest BCUT2D eigenvalue weighted by Crippen LogP contribution is 2.65. The van der Waals surface area contributed by atoms with Crippen molar-refractivity contribution in [3.05, 3.63) is 65.0 Å². The molecule has 0 amide bonds. The third-order valence-corrected chi connectivity index (χ3v) is 10.8. The molecule has 1 heterocycles. The van der Waals surface area contributed by atoms with E-state index in [0.717, 1.165) is 44.5 Å². The summed E-state index contributed by atoms with van der Waals surface area (Å²) in [6, 6.07) is 13.4. The Hall–Kier alpha value is -1.67. The van der Waals surface area contributed by atoms with Crippen LogP contribution in [0.2, 0.25) is 0 Å². The minimum Gasteiger partial charge on any atom is -0.376 e. The summed E-state index contributed by atoms with van der Waals surface area (Å²) in [5.41, 5.74) is 3.82. The number of nitrogens with zero attached hydrogens (tertiary/aromatic N) is 1. The molecule has 0 unspecified atom stereocenters. The fraction of sp³-hybridized carbons (Fsp3) is 0.556. The first-order chi connectivity index (χ1) is 16.3. The van der Waals surface area contributed by atoms with Crippen LogP contribution in [0.1, 0.15) is 42.9 Å². The maximum Gasteiger partial charge on any atom is 0.235 e. The number of benzene rings is 2. The van der Waals surface area contributed by atoms with Gasteiger partial charge in [0.2, 0.25) is 10.0 Å². The lowest BCUT2D eigenvalue weighted by atomic mass is 9.87. The summed E-state index contributed by atoms with van der Waals surface area (Å²) in [6.07, 6.45) is 4.18. The second-order valence-electron chi connectivity index (χ2n) is 10.9. The Bertz CT molecular complexity index is 1200. The van der Waals surface area contributed by atoms with Gasteiger partial charge in [-0.05, 0) is 66.0 Å². The molecule has 0 spiro atoms. The molecule has 8 heteroatoms. The molecular formula is C27H34ClFN2O3S. The summed E-state index contributed by atoms with van der Waals surface area (Å²) in [6.45, 7) is 5.02. The van der Waals surface area contributed by atoms with Gasteiger partial charge >= 0.3 is 0 Å². The van der Waals surface area contributed by atoms with Crippen molar-refractivity contribution in [3.8, 4) is 0 Å². The van der Waals surface area contributed by atoms with E-state index in [1.807, 2.05) is 13.2 Å². The number of halogens is 2. The molecule has 4 aliphatic rings. The highest BCUT2D eigenvalue weighted by atomic mass is 35.5. The zero-order valence-electron chi connectivity index (χ0n) is 20.3. The molecule has 0 bridgehead atoms. The summed E-state index contributed by atoms with van der Waals surface area (Å²) in [5.74, 6) is 0.553. The minimum atomic E-state index is -3.42. The normalized spacial score (nSPS) is 28.8. The lowest BCUT2D eigenvalue weighted by Crippen LogP contribution is -2.46. The van der Waals surface area contributed by atoms with Gasteiger partial charge in [-0.2, -0.15) is 0 Å². The van der Waals surface area contributed by atoms with Crippen molar-refractivity contribution in [2.24, 2.45) is 11.8 Å². The van der Waals surface area contributed by atoms with Crippen molar-refractivity contribution in [3.63, 3.8) is 0 Å². The van der Waals surface area contributed by atoms with Crippen molar-refractivity contribution in [1.82, 2.24) is 4.90 Å². The van der Waals surface area contributed by atoms with Gasteiger partial charge in [0.15, 0.2) is 0 Å². The third kappa shape index (κ3) is 4.18. The van der Waals surface area contributed by atoms with E-state index in [4.69, 9.17) is 4.74 Å². The molecule has 1 aliphatic heterocycles. The van der Waals surface area contributed by atoms with E-state index < -0.39 is 10.0 Å². The number of fused-ring (bicyclic) bond motifs is 2. The molecule has 35 heavy (non-hydrogen) atoms. The molecule has 1 N–H and O–H groups in total. The Kier molecular flexibility index (Phi) is 6.23. The first-order valence-electron chi connectivity index (χ1n) is 12.5. The maximum absolute atomic E-state index is 14.6. The van der Waals surface area contributed by atoms with Crippen LogP contribution in [0.15, 0.2) is 42.5 Å². The monoisotopic (exact) mass is 520 g/mol. The van der Waals surface area contributed by atoms with Crippen LogP contribution in [0.3, 0.4) is 0 Å². The standard InChI is InChI=1S/C27H33FN2O3S.ClH/c1-3-27(20-10-21(28)12-22(11-20)29-34(31,32)23-8-9-23)24-15-30(16-25(24)27)17-26(33-2)13-18-6-4-5-7-19(18)14-26;/h4-7,10-12,23-25,29H,3,8-9,13-17H2,1-2H3;1H/t24-,25+,27+;. The van der Waals surface area contributed by atoms with E-state index in [1.165, 1.54) is 17.2 Å². The molecular weight excluding hydrogens is 487 g/mol. The van der Waals surface area contributed by atoms with E-state index >= 15 is 0 Å². The molecule has 3 atom stereocenters. The summed E-state index contributed by atoms with van der Waals surface area (Å²) in [7, 11) is -1.59. The highest BCUT2D eigenvalue weighted by Gasteiger charge is 2.67. The van der Waals surface area contributed by atoms with Crippen molar-refractivity contribution in [2.45, 2.75) is 55.3 Å². The fourth-order valence-electron chi connectivity index (χ4n) is 7.03. The van der Waals surface area contributed by atoms with Crippen LogP contribution in [-0.2, 0) is 33.0 Å². The van der Waals surface area contributed by atoms with Gasteiger partial charge in [-0.25, -0.2) is 12.8 Å². The van der Waals surface area contributed by atoms with Crippen LogP contribution in [0, 0.1) is 17.7 Å². The van der Waals surface area contributed by atoms with Crippen LogP contribution < -0.4 is 4.72 Å². The maximum atomic E-state index is 14.6. The van der Waals surface area contributed by atoms with E-state index in [0.29, 0.717) is 30.4 Å². The van der Waals surface area contributed by atoms with Crippen molar-refractivity contribution in [2.75, 3.05) is 31.5 Å². The van der Waals surface area contributed by atoms with E-state index in [1.54, 1.807) is 6.07 Å². The van der Waals surface area contributed by atoms with Gasteiger partial charge in [-0.3, -0.25) is 9.62 Å². The average Bonchev–Trinajstić information content (AvgIpc) is 3.67. The molecule has 2 aromatic rings. The number of methoxy groups -OCH3 is 1. The second-order valence-corrected chi connectivity index (χ2v) is 12.8. The lowest BCUT2D eigenvalue weighted by Gasteiger charge is -2.35. The van der Waals surface area contributed by atoms with Gasteiger partial charge in [-0.15, -0.1) is 12.4 Å². The third-order valence-electron chi connectivity index (χ3n) is 8.94. The molecule has 1 saturated heterocycles. The number of piperidine rings is 1. The van der Waals surface area contributed by atoms with Gasteiger partial charge in [0, 0.05) is 45.0 Å². The zero-order chi connectivity index (χ0) is 23.7. The first-order valence-corrected chi connectivity index (χ1v) is 14.0. The first kappa shape index (κ1) is 25.0. The summed E-state index contributed by atoms with van der Waals surface area (Å²) in [5, 5.41) is -0.331. The number of nitrogens with one attached hydrogen (secondary N) is 1. The Labute approximate surface area is 213 Å². The fourth-order valence-corrected chi connectivity index (χ4v) is 8.40. The Morgan fingerprint density at radius 2 is 1.71 bits per heavy atom. The Morgan fingerprint density at radius 1 is 1.09 bits per heavy atom. The minimum absolute atomic E-state index is 0. The zero-order valence-corrected chi connectivity index (χ0v) is 21.9. The smallest absolute Gasteiger partial charge is 0.235 e. The quantitative estimate of drug-likeness (QED) is 0.555. The van der Waals surface area contributed by atoms with Crippen molar-refractivity contribution >= 4 is 28.1 Å². The predicted octanol–water partition coefficient (Wildman–Crippen LogP) is 4.55. The van der Waals surface area contributed by atoms with Crippen molar-refractivity contribution in [1.29, 1.82) is 0 Å². The topological polar surface area (TPSA) is 58.6 Å². The largest absolute Gasteiger partial charge is 0.376 e. The number of sulfonamides is 1. The second kappa shape index (κ2) is 8.72. The molecule has 2 aromatic carbocycles. The molecule has 5 nitrogen and oxygen atoms in total. The van der Waals surface area contributed by atoms with E-state index in [-0.39, 0.29) is 34.5 Å². The number of rotatable bonds is 8. The molecule has 6 rings (SSSR count). The molecule has 3 fully saturated rings. The molecule has 3 aliphatic carbocycles. The van der Waals surface area contributed by atoms with Crippen LogP contribution >= 0.6 is 12.4 Å². The van der Waals surface area contributed by atoms with Gasteiger partial charge in [0.05, 0.1) is 16.5 Å². The number of likely N-dealkylation sites (tertiary alicyclic amines) is 1. The van der Waals surface area contributed by atoms with Crippen LogP contribution in [-0.4, -0.2) is 50.9 Å². The summed E-state index contributed by atoms with van der Waals surface area (Å²) in [4.78, 5) is 2.52. The molecule has 2 saturated carbocycles. The van der Waals surface area contributed by atoms with Crippen molar-refractivity contribution < 1.29 is 17.5 Å². The summed E-state index contributed by atoms with van der Waals surface area (Å²) >= 11 is 0. The number of hydrogen-bond donors (Lipinski definition) is 1. The van der Waals surface area contributed by atoms with Gasteiger partial charge in [0.1, 0.15) is 5.82 Å². The SMILES string of the molecule is CC[C@]1(c2cc(F)cc(NS(=O)(=O)C3CC3)c2)[C@@H]2CN(CC3(OC)Cc4ccccc4C3)C[C@@H]21.Cl. The summed E-state index contributed by atoms with van der Waals surface area (Å²) < 4.78 is 48.2. The van der Waals surface area contributed by atoms with E-state index in [2.05, 4.69) is 40.8 Å². The lowest BCUT2D eigenvalue weighted by molar-refractivity contribution is -0.0276. The van der Waals surface area contributed by atoms with Crippen LogP contribution in [0.4, 0.5) is 10.1 Å².